The summed E-state index contributed by atoms with van der Waals surface area (Å²) in [6.45, 7) is 9.96. The third-order valence-corrected chi connectivity index (χ3v) is 4.55. The van der Waals surface area contributed by atoms with Crippen molar-refractivity contribution in [3.63, 3.8) is 0 Å². The molecule has 0 atom stereocenters. The fraction of sp³-hybridized carbons (Fsp3) is 0.474. The van der Waals surface area contributed by atoms with Crippen LogP contribution in [0.25, 0.3) is 10.6 Å². The lowest BCUT2D eigenvalue weighted by molar-refractivity contribution is -0.160. The lowest BCUT2D eigenvalue weighted by Gasteiger charge is -2.19. The van der Waals surface area contributed by atoms with Gasteiger partial charge in [-0.2, -0.15) is 0 Å². The number of benzene rings is 1. The highest BCUT2D eigenvalue weighted by Crippen LogP contribution is 2.28. The highest BCUT2D eigenvalue weighted by molar-refractivity contribution is 7.15. The van der Waals surface area contributed by atoms with Crippen molar-refractivity contribution in [2.75, 3.05) is 6.61 Å². The van der Waals surface area contributed by atoms with E-state index in [4.69, 9.17) is 9.47 Å². The van der Waals surface area contributed by atoms with Crippen LogP contribution in [0.3, 0.4) is 0 Å². The molecule has 2 aromatic rings. The third kappa shape index (κ3) is 5.42. The smallest absolute Gasteiger partial charge is 0.332 e. The van der Waals surface area contributed by atoms with Crippen LogP contribution in [0.5, 0.6) is 0 Å². The van der Waals surface area contributed by atoms with E-state index in [1.807, 2.05) is 27.7 Å². The second kappa shape index (κ2) is 7.90. The second-order valence-corrected chi connectivity index (χ2v) is 7.74. The molecule has 0 aliphatic rings. The molecular formula is C19H25NO3S. The molecule has 5 heteroatoms. The molecule has 0 N–H and O–H groups in total. The molecule has 1 heterocycles. The standard InChI is InChI=1S/C19H25NO3S/c1-6-14-7-9-15(10-8-14)18-20-13(2)16(24-18)11-22-12-17(21)23-19(3,4)5/h7-10H,6,11-12H2,1-5H3. The first-order valence-corrected chi connectivity index (χ1v) is 8.95. The first-order valence-electron chi connectivity index (χ1n) is 8.13. The summed E-state index contributed by atoms with van der Waals surface area (Å²) in [5.41, 5.74) is 2.88. The summed E-state index contributed by atoms with van der Waals surface area (Å²) in [4.78, 5) is 17.3. The Hall–Kier alpha value is -1.72. The van der Waals surface area contributed by atoms with Crippen molar-refractivity contribution in [2.24, 2.45) is 0 Å². The number of carbonyl (C=O) groups is 1. The molecule has 0 amide bonds. The largest absolute Gasteiger partial charge is 0.458 e. The van der Waals surface area contributed by atoms with Crippen molar-refractivity contribution in [1.82, 2.24) is 4.98 Å². The van der Waals surface area contributed by atoms with Crippen LogP contribution >= 0.6 is 11.3 Å². The van der Waals surface area contributed by atoms with Gasteiger partial charge in [-0.15, -0.1) is 11.3 Å². The number of hydrogen-bond acceptors (Lipinski definition) is 5. The lowest BCUT2D eigenvalue weighted by Crippen LogP contribution is -2.26. The summed E-state index contributed by atoms with van der Waals surface area (Å²) in [6.07, 6.45) is 1.03. The van der Waals surface area contributed by atoms with Gasteiger partial charge in [0.15, 0.2) is 0 Å². The normalized spacial score (nSPS) is 11.5. The average molecular weight is 347 g/mol. The Labute approximate surface area is 147 Å². The SMILES string of the molecule is CCc1ccc(-c2nc(C)c(COCC(=O)OC(C)(C)C)s2)cc1. The summed E-state index contributed by atoms with van der Waals surface area (Å²) in [5, 5.41) is 0.978. The molecule has 0 aliphatic heterocycles. The molecule has 130 valence electrons. The van der Waals surface area contributed by atoms with Crippen LogP contribution in [0, 0.1) is 6.92 Å². The quantitative estimate of drug-likeness (QED) is 0.720. The minimum Gasteiger partial charge on any atom is -0.458 e. The van der Waals surface area contributed by atoms with Gasteiger partial charge in [0.1, 0.15) is 17.2 Å². The van der Waals surface area contributed by atoms with Crippen LogP contribution in [0.2, 0.25) is 0 Å². The third-order valence-electron chi connectivity index (χ3n) is 3.37. The van der Waals surface area contributed by atoms with Crippen molar-refractivity contribution in [3.8, 4) is 10.6 Å². The second-order valence-electron chi connectivity index (χ2n) is 6.66. The number of esters is 1. The van der Waals surface area contributed by atoms with Gasteiger partial charge >= 0.3 is 5.97 Å². The number of aromatic nitrogens is 1. The number of aryl methyl sites for hydroxylation is 2. The van der Waals surface area contributed by atoms with E-state index in [0.717, 1.165) is 27.6 Å². The number of ether oxygens (including phenoxy) is 2. The fourth-order valence-corrected chi connectivity index (χ4v) is 3.17. The molecule has 0 saturated heterocycles. The van der Waals surface area contributed by atoms with Crippen LogP contribution in [-0.4, -0.2) is 23.2 Å². The van der Waals surface area contributed by atoms with Gasteiger partial charge in [-0.25, -0.2) is 9.78 Å². The summed E-state index contributed by atoms with van der Waals surface area (Å²) in [7, 11) is 0. The van der Waals surface area contributed by atoms with Crippen molar-refractivity contribution < 1.29 is 14.3 Å². The van der Waals surface area contributed by atoms with Crippen molar-refractivity contribution in [2.45, 2.75) is 53.2 Å². The molecule has 2 rings (SSSR count). The number of hydrogen-bond donors (Lipinski definition) is 0. The molecule has 0 bridgehead atoms. The summed E-state index contributed by atoms with van der Waals surface area (Å²) < 4.78 is 10.7. The Morgan fingerprint density at radius 3 is 2.46 bits per heavy atom. The average Bonchev–Trinajstić information content (AvgIpc) is 2.87. The van der Waals surface area contributed by atoms with Crippen LogP contribution in [0.1, 0.15) is 43.8 Å². The van der Waals surface area contributed by atoms with Gasteiger partial charge in [-0.3, -0.25) is 0 Å². The van der Waals surface area contributed by atoms with E-state index in [2.05, 4.69) is 36.2 Å². The maximum absolute atomic E-state index is 11.7. The van der Waals surface area contributed by atoms with Crippen molar-refractivity contribution >= 4 is 17.3 Å². The maximum Gasteiger partial charge on any atom is 0.332 e. The van der Waals surface area contributed by atoms with E-state index in [-0.39, 0.29) is 12.6 Å². The highest BCUT2D eigenvalue weighted by atomic mass is 32.1. The van der Waals surface area contributed by atoms with Gasteiger partial charge in [0.2, 0.25) is 0 Å². The van der Waals surface area contributed by atoms with E-state index >= 15 is 0 Å². The first kappa shape index (κ1) is 18.6. The zero-order valence-electron chi connectivity index (χ0n) is 15.0. The predicted molar refractivity (Wildman–Crippen MR) is 97.2 cm³/mol. The van der Waals surface area contributed by atoms with Crippen molar-refractivity contribution in [1.29, 1.82) is 0 Å². The molecule has 0 saturated carbocycles. The fourth-order valence-electron chi connectivity index (χ4n) is 2.17. The predicted octanol–water partition coefficient (Wildman–Crippen LogP) is 4.54. The Morgan fingerprint density at radius 2 is 1.88 bits per heavy atom. The molecule has 4 nitrogen and oxygen atoms in total. The van der Waals surface area contributed by atoms with Crippen LogP contribution in [0.15, 0.2) is 24.3 Å². The van der Waals surface area contributed by atoms with E-state index in [1.54, 1.807) is 11.3 Å². The van der Waals surface area contributed by atoms with Gasteiger partial charge in [-0.05, 0) is 39.7 Å². The summed E-state index contributed by atoms with van der Waals surface area (Å²) in [6, 6.07) is 8.46. The van der Waals surface area contributed by atoms with Crippen molar-refractivity contribution in [3.05, 3.63) is 40.4 Å². The van der Waals surface area contributed by atoms with E-state index < -0.39 is 5.60 Å². The van der Waals surface area contributed by atoms with E-state index in [9.17, 15) is 4.79 Å². The Morgan fingerprint density at radius 1 is 1.21 bits per heavy atom. The number of rotatable bonds is 6. The molecule has 1 aromatic carbocycles. The van der Waals surface area contributed by atoms with Crippen LogP contribution < -0.4 is 0 Å². The number of nitrogens with zero attached hydrogens (tertiary/aromatic N) is 1. The zero-order valence-corrected chi connectivity index (χ0v) is 15.8. The molecule has 0 unspecified atom stereocenters. The Bertz CT molecular complexity index is 684. The minimum absolute atomic E-state index is 0.0465. The number of carbonyl (C=O) groups excluding carboxylic acids is 1. The lowest BCUT2D eigenvalue weighted by atomic mass is 10.1. The van der Waals surface area contributed by atoms with Gasteiger partial charge < -0.3 is 9.47 Å². The molecule has 0 spiro atoms. The van der Waals surface area contributed by atoms with Crippen LogP contribution in [-0.2, 0) is 27.3 Å². The molecule has 0 aliphatic carbocycles. The number of thiazole rings is 1. The van der Waals surface area contributed by atoms with Crippen LogP contribution in [0.4, 0.5) is 0 Å². The van der Waals surface area contributed by atoms with Gasteiger partial charge in [0.05, 0.1) is 17.2 Å². The van der Waals surface area contributed by atoms with Gasteiger partial charge in [0.25, 0.3) is 0 Å². The van der Waals surface area contributed by atoms with Gasteiger partial charge in [-0.1, -0.05) is 31.2 Å². The summed E-state index contributed by atoms with van der Waals surface area (Å²) >= 11 is 1.60. The Kier molecular flexibility index (Phi) is 6.13. The topological polar surface area (TPSA) is 48.4 Å². The maximum atomic E-state index is 11.7. The zero-order chi connectivity index (χ0) is 17.7. The first-order chi connectivity index (χ1) is 11.3. The monoisotopic (exact) mass is 347 g/mol. The minimum atomic E-state index is -0.487. The molecule has 1 aromatic heterocycles. The molecule has 0 fully saturated rings. The molecule has 24 heavy (non-hydrogen) atoms. The van der Waals surface area contributed by atoms with E-state index in [1.165, 1.54) is 5.56 Å². The van der Waals surface area contributed by atoms with Gasteiger partial charge in [0, 0.05) is 5.56 Å². The summed E-state index contributed by atoms with van der Waals surface area (Å²) in [5.74, 6) is -0.347. The highest BCUT2D eigenvalue weighted by Gasteiger charge is 2.17. The Balaban J connectivity index is 1.95. The van der Waals surface area contributed by atoms with E-state index in [0.29, 0.717) is 6.61 Å². The molecular weight excluding hydrogens is 322 g/mol. The molecule has 0 radical (unpaired) electrons.